The van der Waals surface area contributed by atoms with Crippen LogP contribution < -0.4 is 11.3 Å². The molecule has 0 saturated heterocycles. The smallest absolute Gasteiger partial charge is 0.295 e. The topological polar surface area (TPSA) is 78.7 Å². The lowest BCUT2D eigenvalue weighted by Gasteiger charge is -2.03. The van der Waals surface area contributed by atoms with Gasteiger partial charge in [-0.25, -0.2) is 9.67 Å². The van der Waals surface area contributed by atoms with E-state index in [4.69, 9.17) is 5.73 Å². The van der Waals surface area contributed by atoms with Crippen LogP contribution in [0.25, 0.3) is 5.82 Å². The van der Waals surface area contributed by atoms with E-state index in [1.165, 1.54) is 4.68 Å². The summed E-state index contributed by atoms with van der Waals surface area (Å²) in [7, 11) is 0. The van der Waals surface area contributed by atoms with Crippen LogP contribution in [-0.4, -0.2) is 19.3 Å². The molecule has 0 radical (unpaired) electrons. The number of nitrogens with two attached hydrogens (primary N) is 1. The van der Waals surface area contributed by atoms with Gasteiger partial charge in [0.25, 0.3) is 5.56 Å². The Morgan fingerprint density at radius 2 is 2.31 bits per heavy atom. The molecule has 2 N–H and O–H groups in total. The molecule has 6 nitrogen and oxygen atoms in total. The van der Waals surface area contributed by atoms with Gasteiger partial charge in [-0.1, -0.05) is 0 Å². The molecular formula is C9H10BrN5O. The van der Waals surface area contributed by atoms with Gasteiger partial charge in [0.2, 0.25) is 5.82 Å². The third-order valence-electron chi connectivity index (χ3n) is 2.15. The first-order chi connectivity index (χ1) is 7.63. The van der Waals surface area contributed by atoms with Gasteiger partial charge in [0.1, 0.15) is 0 Å². The second kappa shape index (κ2) is 4.09. The number of aromatic nitrogens is 4. The van der Waals surface area contributed by atoms with Gasteiger partial charge in [-0.2, -0.15) is 0 Å². The summed E-state index contributed by atoms with van der Waals surface area (Å²) in [5.74, 6) is 0.565. The largest absolute Gasteiger partial charge is 0.381 e. The molecule has 2 aromatic heterocycles. The molecule has 2 rings (SSSR count). The second-order valence-electron chi connectivity index (χ2n) is 3.15. The van der Waals surface area contributed by atoms with Crippen LogP contribution in [0.3, 0.4) is 0 Å². The van der Waals surface area contributed by atoms with E-state index in [0.717, 1.165) is 0 Å². The van der Waals surface area contributed by atoms with Crippen LogP contribution in [-0.2, 0) is 6.54 Å². The molecular weight excluding hydrogens is 274 g/mol. The average Bonchev–Trinajstić information content (AvgIpc) is 2.59. The maximum Gasteiger partial charge on any atom is 0.295 e. The summed E-state index contributed by atoms with van der Waals surface area (Å²) in [6.45, 7) is 2.48. The van der Waals surface area contributed by atoms with E-state index in [1.807, 2.05) is 6.92 Å². The first kappa shape index (κ1) is 10.9. The minimum absolute atomic E-state index is 0.194. The van der Waals surface area contributed by atoms with Gasteiger partial charge < -0.3 is 10.3 Å². The lowest BCUT2D eigenvalue weighted by molar-refractivity contribution is 0.693. The molecule has 7 heteroatoms. The fourth-order valence-electron chi connectivity index (χ4n) is 1.32. The Kier molecular flexibility index (Phi) is 2.78. The van der Waals surface area contributed by atoms with Gasteiger partial charge in [0, 0.05) is 25.1 Å². The van der Waals surface area contributed by atoms with Crippen molar-refractivity contribution in [3.8, 4) is 5.82 Å². The van der Waals surface area contributed by atoms with Crippen LogP contribution in [0.2, 0.25) is 0 Å². The standard InChI is InChI=1S/C9H10BrN5O/c1-2-14-4-3-12-8(9(14)16)15-5-6(10)7(11)13-15/h3-5H,2H2,1H3,(H2,11,13). The number of aryl methyl sites for hydroxylation is 1. The summed E-state index contributed by atoms with van der Waals surface area (Å²) in [5, 5.41) is 3.99. The Bertz CT molecular complexity index is 554. The Balaban J connectivity index is 2.60. The molecule has 0 fully saturated rings. The van der Waals surface area contributed by atoms with E-state index in [2.05, 4.69) is 26.0 Å². The van der Waals surface area contributed by atoms with Crippen molar-refractivity contribution in [3.05, 3.63) is 33.4 Å². The molecule has 2 heterocycles. The molecule has 0 spiro atoms. The number of hydrogen-bond acceptors (Lipinski definition) is 4. The van der Waals surface area contributed by atoms with Crippen LogP contribution >= 0.6 is 15.9 Å². The lowest BCUT2D eigenvalue weighted by Crippen LogP contribution is -2.24. The van der Waals surface area contributed by atoms with Gasteiger partial charge in [-0.15, -0.1) is 5.10 Å². The molecule has 0 bridgehead atoms. The SMILES string of the molecule is CCn1ccnc(-n2cc(Br)c(N)n2)c1=O. The van der Waals surface area contributed by atoms with Crippen molar-refractivity contribution in [2.75, 3.05) is 5.73 Å². The third-order valence-corrected chi connectivity index (χ3v) is 2.76. The quantitative estimate of drug-likeness (QED) is 0.884. The molecule has 84 valence electrons. The highest BCUT2D eigenvalue weighted by atomic mass is 79.9. The molecule has 0 aliphatic rings. The fourth-order valence-corrected chi connectivity index (χ4v) is 1.59. The molecule has 0 atom stereocenters. The summed E-state index contributed by atoms with van der Waals surface area (Å²) < 4.78 is 3.56. The van der Waals surface area contributed by atoms with Crippen molar-refractivity contribution in [2.24, 2.45) is 0 Å². The van der Waals surface area contributed by atoms with E-state index in [-0.39, 0.29) is 11.4 Å². The number of nitrogens with zero attached hydrogens (tertiary/aromatic N) is 4. The predicted octanol–water partition coefficient (Wildman–Crippen LogP) is 0.794. The summed E-state index contributed by atoms with van der Waals surface area (Å²) in [5.41, 5.74) is 5.39. The Morgan fingerprint density at radius 1 is 1.56 bits per heavy atom. The Morgan fingerprint density at radius 3 is 2.88 bits per heavy atom. The number of rotatable bonds is 2. The van der Waals surface area contributed by atoms with E-state index in [0.29, 0.717) is 16.8 Å². The zero-order chi connectivity index (χ0) is 11.7. The number of halogens is 1. The average molecular weight is 284 g/mol. The first-order valence-electron chi connectivity index (χ1n) is 4.70. The zero-order valence-corrected chi connectivity index (χ0v) is 10.2. The van der Waals surface area contributed by atoms with Gasteiger partial charge in [0.05, 0.1) is 4.47 Å². The molecule has 2 aromatic rings. The van der Waals surface area contributed by atoms with Crippen molar-refractivity contribution in [1.29, 1.82) is 0 Å². The van der Waals surface area contributed by atoms with Crippen molar-refractivity contribution in [3.63, 3.8) is 0 Å². The van der Waals surface area contributed by atoms with Crippen LogP contribution in [0.4, 0.5) is 5.82 Å². The molecule has 0 saturated carbocycles. The van der Waals surface area contributed by atoms with E-state index in [9.17, 15) is 4.79 Å². The highest BCUT2D eigenvalue weighted by Crippen LogP contribution is 2.17. The van der Waals surface area contributed by atoms with E-state index < -0.39 is 0 Å². The van der Waals surface area contributed by atoms with Crippen molar-refractivity contribution in [2.45, 2.75) is 13.5 Å². The predicted molar refractivity (Wildman–Crippen MR) is 63.4 cm³/mol. The zero-order valence-electron chi connectivity index (χ0n) is 8.59. The van der Waals surface area contributed by atoms with Gasteiger partial charge in [0.15, 0.2) is 5.82 Å². The first-order valence-corrected chi connectivity index (χ1v) is 5.49. The maximum atomic E-state index is 11.9. The van der Waals surface area contributed by atoms with Crippen LogP contribution in [0.5, 0.6) is 0 Å². The van der Waals surface area contributed by atoms with E-state index >= 15 is 0 Å². The maximum absolute atomic E-state index is 11.9. The summed E-state index contributed by atoms with van der Waals surface area (Å²) in [4.78, 5) is 15.9. The van der Waals surface area contributed by atoms with Gasteiger partial charge >= 0.3 is 0 Å². The second-order valence-corrected chi connectivity index (χ2v) is 4.00. The number of nitrogen functional groups attached to an aromatic ring is 1. The molecule has 0 amide bonds. The number of anilines is 1. The highest BCUT2D eigenvalue weighted by molar-refractivity contribution is 9.10. The molecule has 0 aliphatic heterocycles. The molecule has 16 heavy (non-hydrogen) atoms. The normalized spacial score (nSPS) is 10.6. The van der Waals surface area contributed by atoms with Crippen molar-refractivity contribution >= 4 is 21.7 Å². The lowest BCUT2D eigenvalue weighted by atomic mass is 10.5. The third kappa shape index (κ3) is 1.73. The fraction of sp³-hybridized carbons (Fsp3) is 0.222. The van der Waals surface area contributed by atoms with Gasteiger partial charge in [-0.05, 0) is 22.9 Å². The van der Waals surface area contributed by atoms with E-state index in [1.54, 1.807) is 23.2 Å². The van der Waals surface area contributed by atoms with Gasteiger partial charge in [-0.3, -0.25) is 4.79 Å². The Labute approximate surface area is 99.8 Å². The Hall–Kier alpha value is -1.63. The number of hydrogen-bond donors (Lipinski definition) is 1. The van der Waals surface area contributed by atoms with Crippen molar-refractivity contribution in [1.82, 2.24) is 19.3 Å². The minimum Gasteiger partial charge on any atom is -0.381 e. The summed E-state index contributed by atoms with van der Waals surface area (Å²) in [6, 6.07) is 0. The molecule has 0 aliphatic carbocycles. The van der Waals surface area contributed by atoms with Crippen molar-refractivity contribution < 1.29 is 0 Å². The monoisotopic (exact) mass is 283 g/mol. The minimum atomic E-state index is -0.194. The summed E-state index contributed by atoms with van der Waals surface area (Å²) >= 11 is 3.23. The summed E-state index contributed by atoms with van der Waals surface area (Å²) in [6.07, 6.45) is 4.80. The highest BCUT2D eigenvalue weighted by Gasteiger charge is 2.10. The van der Waals surface area contributed by atoms with Crippen LogP contribution in [0.15, 0.2) is 27.9 Å². The van der Waals surface area contributed by atoms with Crippen LogP contribution in [0, 0.1) is 0 Å². The molecule has 0 aromatic carbocycles. The van der Waals surface area contributed by atoms with Crippen LogP contribution in [0.1, 0.15) is 6.92 Å². The molecule has 0 unspecified atom stereocenters.